The van der Waals surface area contributed by atoms with Crippen LogP contribution in [0.15, 0.2) is 30.3 Å². The summed E-state index contributed by atoms with van der Waals surface area (Å²) in [6.45, 7) is 8.58. The predicted molar refractivity (Wildman–Crippen MR) is 74.7 cm³/mol. The number of piperazine rings is 1. The molecule has 1 unspecified atom stereocenters. The van der Waals surface area contributed by atoms with E-state index in [2.05, 4.69) is 28.9 Å². The van der Waals surface area contributed by atoms with Gasteiger partial charge in [0.1, 0.15) is 0 Å². The Morgan fingerprint density at radius 3 is 2.28 bits per heavy atom. The standard InChI is InChI=1S/C15H24N2O/c1-2-16-8-10-17(11-9-16)13-15(18)12-14-6-4-3-5-7-14/h3-7,15,18H,2,8-13H2,1H3. The van der Waals surface area contributed by atoms with Crippen molar-refractivity contribution in [2.75, 3.05) is 39.3 Å². The van der Waals surface area contributed by atoms with E-state index in [0.717, 1.165) is 45.7 Å². The first kappa shape index (κ1) is 13.5. The molecule has 0 radical (unpaired) electrons. The molecule has 1 aromatic rings. The van der Waals surface area contributed by atoms with Crippen molar-refractivity contribution >= 4 is 0 Å². The van der Waals surface area contributed by atoms with Crippen LogP contribution in [0.5, 0.6) is 0 Å². The number of hydrogen-bond acceptors (Lipinski definition) is 3. The van der Waals surface area contributed by atoms with Gasteiger partial charge in [-0.3, -0.25) is 4.90 Å². The molecule has 1 saturated heterocycles. The maximum absolute atomic E-state index is 10.1. The molecule has 1 fully saturated rings. The van der Waals surface area contributed by atoms with Crippen LogP contribution in [0.25, 0.3) is 0 Å². The summed E-state index contributed by atoms with van der Waals surface area (Å²) in [6.07, 6.45) is 0.509. The molecule has 3 nitrogen and oxygen atoms in total. The maximum atomic E-state index is 10.1. The van der Waals surface area contributed by atoms with E-state index in [1.807, 2.05) is 18.2 Å². The zero-order chi connectivity index (χ0) is 12.8. The Morgan fingerprint density at radius 1 is 1.06 bits per heavy atom. The van der Waals surface area contributed by atoms with Gasteiger partial charge in [0, 0.05) is 32.7 Å². The van der Waals surface area contributed by atoms with Crippen molar-refractivity contribution < 1.29 is 5.11 Å². The molecular weight excluding hydrogens is 224 g/mol. The molecule has 0 bridgehead atoms. The molecule has 0 spiro atoms. The van der Waals surface area contributed by atoms with Gasteiger partial charge < -0.3 is 10.0 Å². The fraction of sp³-hybridized carbons (Fsp3) is 0.600. The summed E-state index contributed by atoms with van der Waals surface area (Å²) in [5.74, 6) is 0. The lowest BCUT2D eigenvalue weighted by molar-refractivity contribution is 0.0747. The average molecular weight is 248 g/mol. The van der Waals surface area contributed by atoms with Gasteiger partial charge in [-0.25, -0.2) is 0 Å². The van der Waals surface area contributed by atoms with Crippen molar-refractivity contribution in [3.05, 3.63) is 35.9 Å². The lowest BCUT2D eigenvalue weighted by Crippen LogP contribution is -2.48. The first-order valence-electron chi connectivity index (χ1n) is 6.94. The van der Waals surface area contributed by atoms with E-state index in [4.69, 9.17) is 0 Å². The van der Waals surface area contributed by atoms with E-state index < -0.39 is 0 Å². The number of aliphatic hydroxyl groups excluding tert-OH is 1. The van der Waals surface area contributed by atoms with Gasteiger partial charge in [-0.2, -0.15) is 0 Å². The minimum atomic E-state index is -0.249. The number of benzene rings is 1. The number of hydrogen-bond donors (Lipinski definition) is 1. The first-order valence-corrected chi connectivity index (χ1v) is 6.94. The van der Waals surface area contributed by atoms with Crippen molar-refractivity contribution in [2.45, 2.75) is 19.4 Å². The van der Waals surface area contributed by atoms with Crippen molar-refractivity contribution in [2.24, 2.45) is 0 Å². The van der Waals surface area contributed by atoms with Crippen LogP contribution in [0.1, 0.15) is 12.5 Å². The van der Waals surface area contributed by atoms with Gasteiger partial charge in [0.25, 0.3) is 0 Å². The normalized spacial score (nSPS) is 19.9. The van der Waals surface area contributed by atoms with Gasteiger partial charge in [-0.15, -0.1) is 0 Å². The summed E-state index contributed by atoms with van der Waals surface area (Å²) >= 11 is 0. The lowest BCUT2D eigenvalue weighted by Gasteiger charge is -2.35. The molecule has 0 amide bonds. The summed E-state index contributed by atoms with van der Waals surface area (Å²) in [6, 6.07) is 10.2. The molecule has 1 aliphatic heterocycles. The second-order valence-corrected chi connectivity index (χ2v) is 5.08. The predicted octanol–water partition coefficient (Wildman–Crippen LogP) is 1.23. The monoisotopic (exact) mass is 248 g/mol. The summed E-state index contributed by atoms with van der Waals surface area (Å²) in [7, 11) is 0. The summed E-state index contributed by atoms with van der Waals surface area (Å²) in [5.41, 5.74) is 1.22. The molecule has 0 saturated carbocycles. The molecule has 1 N–H and O–H groups in total. The molecule has 0 aliphatic carbocycles. The SMILES string of the molecule is CCN1CCN(CC(O)Cc2ccccc2)CC1. The Labute approximate surface area is 110 Å². The third kappa shape index (κ3) is 4.09. The summed E-state index contributed by atoms with van der Waals surface area (Å²) in [5, 5.41) is 10.1. The number of β-amino-alcohol motifs (C(OH)–C–C–N with tert-alkyl or cyclic N) is 1. The fourth-order valence-electron chi connectivity index (χ4n) is 2.54. The van der Waals surface area contributed by atoms with E-state index in [1.54, 1.807) is 0 Å². The van der Waals surface area contributed by atoms with Crippen molar-refractivity contribution in [1.29, 1.82) is 0 Å². The maximum Gasteiger partial charge on any atom is 0.0707 e. The highest BCUT2D eigenvalue weighted by atomic mass is 16.3. The van der Waals surface area contributed by atoms with E-state index in [1.165, 1.54) is 5.56 Å². The Morgan fingerprint density at radius 2 is 1.67 bits per heavy atom. The molecule has 0 aromatic heterocycles. The van der Waals surface area contributed by atoms with Crippen LogP contribution in [0.2, 0.25) is 0 Å². The second-order valence-electron chi connectivity index (χ2n) is 5.08. The topological polar surface area (TPSA) is 26.7 Å². The van der Waals surface area contributed by atoms with Crippen LogP contribution in [0, 0.1) is 0 Å². The zero-order valence-electron chi connectivity index (χ0n) is 11.3. The Bertz CT molecular complexity index is 334. The molecule has 18 heavy (non-hydrogen) atoms. The molecule has 1 aromatic carbocycles. The molecule has 100 valence electrons. The zero-order valence-corrected chi connectivity index (χ0v) is 11.3. The number of nitrogens with zero attached hydrogens (tertiary/aromatic N) is 2. The molecule has 2 rings (SSSR count). The molecule has 3 heteroatoms. The van der Waals surface area contributed by atoms with Gasteiger partial charge >= 0.3 is 0 Å². The molecule has 1 atom stereocenters. The van der Waals surface area contributed by atoms with Gasteiger partial charge in [0.15, 0.2) is 0 Å². The highest BCUT2D eigenvalue weighted by Crippen LogP contribution is 2.07. The largest absolute Gasteiger partial charge is 0.391 e. The van der Waals surface area contributed by atoms with Gasteiger partial charge in [-0.1, -0.05) is 37.3 Å². The van der Waals surface area contributed by atoms with Crippen molar-refractivity contribution in [1.82, 2.24) is 9.80 Å². The highest BCUT2D eigenvalue weighted by molar-refractivity contribution is 5.15. The van der Waals surface area contributed by atoms with E-state index in [-0.39, 0.29) is 6.10 Å². The third-order valence-corrected chi connectivity index (χ3v) is 3.70. The van der Waals surface area contributed by atoms with Crippen LogP contribution in [0.4, 0.5) is 0 Å². The van der Waals surface area contributed by atoms with Gasteiger partial charge in [0.05, 0.1) is 6.10 Å². The summed E-state index contributed by atoms with van der Waals surface area (Å²) < 4.78 is 0. The second kappa shape index (κ2) is 6.88. The van der Waals surface area contributed by atoms with Crippen LogP contribution in [-0.4, -0.2) is 60.3 Å². The van der Waals surface area contributed by atoms with Gasteiger partial charge in [0.2, 0.25) is 0 Å². The van der Waals surface area contributed by atoms with Crippen LogP contribution in [-0.2, 0) is 6.42 Å². The minimum absolute atomic E-state index is 0.249. The molecular formula is C15H24N2O. The first-order chi connectivity index (χ1) is 8.78. The van der Waals surface area contributed by atoms with E-state index in [0.29, 0.717) is 0 Å². The smallest absolute Gasteiger partial charge is 0.0707 e. The van der Waals surface area contributed by atoms with Crippen LogP contribution < -0.4 is 0 Å². The minimum Gasteiger partial charge on any atom is -0.391 e. The average Bonchev–Trinajstić information content (AvgIpc) is 2.40. The van der Waals surface area contributed by atoms with Crippen molar-refractivity contribution in [3.63, 3.8) is 0 Å². The Kier molecular flexibility index (Phi) is 5.17. The van der Waals surface area contributed by atoms with Crippen molar-refractivity contribution in [3.8, 4) is 0 Å². The van der Waals surface area contributed by atoms with Gasteiger partial charge in [-0.05, 0) is 18.5 Å². The van der Waals surface area contributed by atoms with Crippen LogP contribution in [0.3, 0.4) is 0 Å². The number of aliphatic hydroxyl groups is 1. The summed E-state index contributed by atoms with van der Waals surface area (Å²) in [4.78, 5) is 4.83. The van der Waals surface area contributed by atoms with E-state index >= 15 is 0 Å². The quantitative estimate of drug-likeness (QED) is 0.849. The third-order valence-electron chi connectivity index (χ3n) is 3.70. The number of rotatable bonds is 5. The molecule has 1 heterocycles. The van der Waals surface area contributed by atoms with E-state index in [9.17, 15) is 5.11 Å². The highest BCUT2D eigenvalue weighted by Gasteiger charge is 2.18. The lowest BCUT2D eigenvalue weighted by atomic mass is 10.1. The number of likely N-dealkylation sites (N-methyl/N-ethyl adjacent to an activating group) is 1. The Hall–Kier alpha value is -0.900. The van der Waals surface area contributed by atoms with Crippen LogP contribution >= 0.6 is 0 Å². The fourth-order valence-corrected chi connectivity index (χ4v) is 2.54. The Balaban J connectivity index is 1.73. The molecule has 1 aliphatic rings.